The van der Waals surface area contributed by atoms with Gasteiger partial charge >= 0.3 is 0 Å². The van der Waals surface area contributed by atoms with Gasteiger partial charge in [-0.3, -0.25) is 0 Å². The van der Waals surface area contributed by atoms with Crippen molar-refractivity contribution in [3.8, 4) is 5.75 Å². The van der Waals surface area contributed by atoms with Crippen LogP contribution in [0.2, 0.25) is 0 Å². The third-order valence-corrected chi connectivity index (χ3v) is 5.80. The third-order valence-electron chi connectivity index (χ3n) is 5.18. The fourth-order valence-electron chi connectivity index (χ4n) is 3.63. The molecule has 0 saturated heterocycles. The number of anilines is 2. The lowest BCUT2D eigenvalue weighted by molar-refractivity contribution is 0.413. The highest BCUT2D eigenvalue weighted by atomic mass is 79.9. The van der Waals surface area contributed by atoms with Crippen LogP contribution in [-0.4, -0.2) is 31.8 Å². The number of H-pyrrole nitrogens is 1. The van der Waals surface area contributed by atoms with E-state index in [1.807, 2.05) is 23.7 Å². The summed E-state index contributed by atoms with van der Waals surface area (Å²) in [6.45, 7) is 4.81. The molecule has 0 unspecified atom stereocenters. The quantitative estimate of drug-likeness (QED) is 0.454. The predicted molar refractivity (Wildman–Crippen MR) is 114 cm³/mol. The number of nitrogens with zero attached hydrogens (tertiary/aromatic N) is 4. The molecule has 1 fully saturated rings. The largest absolute Gasteiger partial charge is 0.496 e. The van der Waals surface area contributed by atoms with Crippen LogP contribution in [0.1, 0.15) is 37.2 Å². The standard InChI is InChI=1S/C20H21BrN6O/c1-4-27-17(9-14(26-27)11-5-6-11)25-20-18-12-7-16(28-3)13(21)8-15(12)24-19(18)22-10(2)23-20/h7-9,11H,4-6H2,1-3H3,(H2,22,23,24,25). The Morgan fingerprint density at radius 1 is 1.29 bits per heavy atom. The van der Waals surface area contributed by atoms with Crippen molar-refractivity contribution in [1.82, 2.24) is 24.7 Å². The summed E-state index contributed by atoms with van der Waals surface area (Å²) in [4.78, 5) is 12.7. The molecular weight excluding hydrogens is 420 g/mol. The van der Waals surface area contributed by atoms with Gasteiger partial charge in [0.2, 0.25) is 0 Å². The number of methoxy groups -OCH3 is 1. The molecule has 3 aromatic heterocycles. The van der Waals surface area contributed by atoms with Crippen molar-refractivity contribution in [3.63, 3.8) is 0 Å². The Labute approximate surface area is 170 Å². The van der Waals surface area contributed by atoms with E-state index in [2.05, 4.69) is 44.2 Å². The molecule has 144 valence electrons. The maximum Gasteiger partial charge on any atom is 0.145 e. The van der Waals surface area contributed by atoms with Crippen molar-refractivity contribution in [2.45, 2.75) is 39.2 Å². The van der Waals surface area contributed by atoms with Crippen LogP contribution in [0.5, 0.6) is 5.75 Å². The summed E-state index contributed by atoms with van der Waals surface area (Å²) in [5.41, 5.74) is 2.94. The first-order chi connectivity index (χ1) is 13.6. The number of aromatic nitrogens is 5. The summed E-state index contributed by atoms with van der Waals surface area (Å²) >= 11 is 3.55. The zero-order valence-electron chi connectivity index (χ0n) is 16.0. The number of rotatable bonds is 5. The van der Waals surface area contributed by atoms with Crippen molar-refractivity contribution in [2.75, 3.05) is 12.4 Å². The highest BCUT2D eigenvalue weighted by Gasteiger charge is 2.27. The van der Waals surface area contributed by atoms with Gasteiger partial charge in [0.05, 0.1) is 22.7 Å². The molecular formula is C20H21BrN6O. The maximum atomic E-state index is 5.49. The van der Waals surface area contributed by atoms with E-state index in [0.29, 0.717) is 11.7 Å². The second-order valence-electron chi connectivity index (χ2n) is 7.17. The zero-order valence-corrected chi connectivity index (χ0v) is 17.6. The Morgan fingerprint density at radius 2 is 2.11 bits per heavy atom. The number of benzene rings is 1. The first-order valence-corrected chi connectivity index (χ1v) is 10.2. The Bertz CT molecular complexity index is 1210. The SMILES string of the molecule is CCn1nc(C2CC2)cc1Nc1nc(C)nc2[nH]c3cc(Br)c(OC)cc3c12. The molecule has 1 aliphatic carbocycles. The Kier molecular flexibility index (Phi) is 4.04. The fraction of sp³-hybridized carbons (Fsp3) is 0.350. The average Bonchev–Trinajstić information content (AvgIpc) is 3.35. The van der Waals surface area contributed by atoms with Crippen molar-refractivity contribution in [2.24, 2.45) is 0 Å². The van der Waals surface area contributed by atoms with E-state index in [0.717, 1.165) is 56.0 Å². The molecule has 1 aromatic carbocycles. The van der Waals surface area contributed by atoms with E-state index in [9.17, 15) is 0 Å². The van der Waals surface area contributed by atoms with Crippen LogP contribution in [0.4, 0.5) is 11.6 Å². The van der Waals surface area contributed by atoms with Crippen molar-refractivity contribution in [1.29, 1.82) is 0 Å². The molecule has 4 aromatic rings. The number of ether oxygens (including phenoxy) is 1. The highest BCUT2D eigenvalue weighted by molar-refractivity contribution is 9.10. The number of nitrogens with one attached hydrogen (secondary N) is 2. The second kappa shape index (κ2) is 6.48. The molecule has 5 rings (SSSR count). The average molecular weight is 441 g/mol. The lowest BCUT2D eigenvalue weighted by atomic mass is 10.2. The molecule has 1 saturated carbocycles. The monoisotopic (exact) mass is 440 g/mol. The fourth-order valence-corrected chi connectivity index (χ4v) is 4.14. The van der Waals surface area contributed by atoms with Crippen molar-refractivity contribution >= 4 is 49.5 Å². The molecule has 7 nitrogen and oxygen atoms in total. The van der Waals surface area contributed by atoms with Gasteiger partial charge in [0.1, 0.15) is 28.9 Å². The van der Waals surface area contributed by atoms with Gasteiger partial charge in [-0.05, 0) is 54.8 Å². The van der Waals surface area contributed by atoms with E-state index in [4.69, 9.17) is 14.8 Å². The van der Waals surface area contributed by atoms with E-state index >= 15 is 0 Å². The smallest absolute Gasteiger partial charge is 0.145 e. The van der Waals surface area contributed by atoms with Gasteiger partial charge in [0, 0.05) is 29.4 Å². The topological polar surface area (TPSA) is 80.7 Å². The number of hydrogen-bond donors (Lipinski definition) is 2. The minimum Gasteiger partial charge on any atom is -0.496 e. The summed E-state index contributed by atoms with van der Waals surface area (Å²) in [5, 5.41) is 10.2. The van der Waals surface area contributed by atoms with Crippen molar-refractivity contribution in [3.05, 3.63) is 34.2 Å². The van der Waals surface area contributed by atoms with E-state index in [1.54, 1.807) is 7.11 Å². The second-order valence-corrected chi connectivity index (χ2v) is 8.02. The molecule has 0 amide bonds. The molecule has 3 heterocycles. The van der Waals surface area contributed by atoms with Crippen LogP contribution in [0.15, 0.2) is 22.7 Å². The van der Waals surface area contributed by atoms with Gasteiger partial charge in [-0.2, -0.15) is 5.10 Å². The van der Waals surface area contributed by atoms with Gasteiger partial charge in [-0.25, -0.2) is 14.6 Å². The summed E-state index contributed by atoms with van der Waals surface area (Å²) in [5.74, 6) is 3.82. The molecule has 0 bridgehead atoms. The molecule has 28 heavy (non-hydrogen) atoms. The summed E-state index contributed by atoms with van der Waals surface area (Å²) in [7, 11) is 1.67. The van der Waals surface area contributed by atoms with E-state index in [-0.39, 0.29) is 0 Å². The van der Waals surface area contributed by atoms with Gasteiger partial charge in [-0.1, -0.05) is 0 Å². The number of halogens is 1. The molecule has 0 atom stereocenters. The van der Waals surface area contributed by atoms with Gasteiger partial charge in [0.25, 0.3) is 0 Å². The molecule has 0 aliphatic heterocycles. The minimum atomic E-state index is 0.607. The van der Waals surface area contributed by atoms with Crippen molar-refractivity contribution < 1.29 is 4.74 Å². The number of aryl methyl sites for hydroxylation is 2. The minimum absolute atomic E-state index is 0.607. The van der Waals surface area contributed by atoms with Gasteiger partial charge in [0.15, 0.2) is 0 Å². The Morgan fingerprint density at radius 3 is 2.82 bits per heavy atom. The van der Waals surface area contributed by atoms with Crippen LogP contribution in [0.25, 0.3) is 21.9 Å². The van der Waals surface area contributed by atoms with Crippen LogP contribution < -0.4 is 10.1 Å². The predicted octanol–water partition coefficient (Wildman–Crippen LogP) is 5.03. The molecule has 8 heteroatoms. The van der Waals surface area contributed by atoms with Crippen LogP contribution in [-0.2, 0) is 6.54 Å². The van der Waals surface area contributed by atoms with E-state index in [1.165, 1.54) is 12.8 Å². The zero-order chi connectivity index (χ0) is 19.4. The van der Waals surface area contributed by atoms with Crippen LogP contribution >= 0.6 is 15.9 Å². The van der Waals surface area contributed by atoms with E-state index < -0.39 is 0 Å². The lowest BCUT2D eigenvalue weighted by Gasteiger charge is -2.09. The lowest BCUT2D eigenvalue weighted by Crippen LogP contribution is -2.05. The summed E-state index contributed by atoms with van der Waals surface area (Å²) in [6.07, 6.45) is 2.46. The molecule has 1 aliphatic rings. The van der Waals surface area contributed by atoms with Crippen LogP contribution in [0, 0.1) is 6.92 Å². The van der Waals surface area contributed by atoms with Crippen LogP contribution in [0.3, 0.4) is 0 Å². The summed E-state index contributed by atoms with van der Waals surface area (Å²) < 4.78 is 8.39. The van der Waals surface area contributed by atoms with Gasteiger partial charge in [-0.15, -0.1) is 0 Å². The molecule has 0 spiro atoms. The Hall–Kier alpha value is -2.61. The van der Waals surface area contributed by atoms with Gasteiger partial charge < -0.3 is 15.0 Å². The first kappa shape index (κ1) is 17.5. The Balaban J connectivity index is 1.69. The number of aromatic amines is 1. The summed E-state index contributed by atoms with van der Waals surface area (Å²) in [6, 6.07) is 6.17. The number of hydrogen-bond acceptors (Lipinski definition) is 5. The normalized spacial score (nSPS) is 14.1. The molecule has 2 N–H and O–H groups in total. The number of fused-ring (bicyclic) bond motifs is 3. The highest BCUT2D eigenvalue weighted by Crippen LogP contribution is 2.41. The third kappa shape index (κ3) is 2.83. The maximum absolute atomic E-state index is 5.49. The first-order valence-electron chi connectivity index (χ1n) is 9.45. The molecule has 0 radical (unpaired) electrons.